The topological polar surface area (TPSA) is 6.48 Å². The molecule has 0 N–H and O–H groups in total. The number of benzene rings is 18. The summed E-state index contributed by atoms with van der Waals surface area (Å²) in [4.78, 5) is 4.83. The van der Waals surface area contributed by atoms with Gasteiger partial charge in [-0.3, -0.25) is 0 Å². The first-order chi connectivity index (χ1) is 57.5. The Morgan fingerprint density at radius 1 is 0.153 bits per heavy atom. The summed E-state index contributed by atoms with van der Waals surface area (Å²) in [7, 11) is 0. The second-order valence-corrected chi connectivity index (χ2v) is 34.7. The molecule has 0 bridgehead atoms. The zero-order chi connectivity index (χ0) is 79.8. The average Bonchev–Trinajstić information content (AvgIpc) is 1.55. The van der Waals surface area contributed by atoms with Crippen LogP contribution >= 0.6 is 0 Å². The van der Waals surface area contributed by atoms with Gasteiger partial charge in [0.1, 0.15) is 0 Å². The normalized spacial score (nSPS) is 14.0. The summed E-state index contributed by atoms with van der Waals surface area (Å²) in [6.07, 6.45) is 0. The van der Waals surface area contributed by atoms with Gasteiger partial charge in [-0.25, -0.2) is 0 Å². The molecule has 2 nitrogen and oxygen atoms in total. The van der Waals surface area contributed by atoms with E-state index in [1.807, 2.05) is 0 Å². The molecule has 564 valence electrons. The van der Waals surface area contributed by atoms with E-state index >= 15 is 0 Å². The van der Waals surface area contributed by atoms with Crippen molar-refractivity contribution in [3.63, 3.8) is 0 Å². The lowest BCUT2D eigenvalue weighted by molar-refractivity contribution is 0.660. The number of fused-ring (bicyclic) bond motifs is 14. The smallest absolute Gasteiger partial charge is 0.0467 e. The minimum Gasteiger partial charge on any atom is -0.310 e. The molecular formula is C116H90N2. The van der Waals surface area contributed by atoms with E-state index < -0.39 is 0 Å². The molecule has 0 unspecified atom stereocenters. The quantitative estimate of drug-likeness (QED) is 0.120. The van der Waals surface area contributed by atoms with Gasteiger partial charge in [0.25, 0.3) is 0 Å². The van der Waals surface area contributed by atoms with E-state index in [1.54, 1.807) is 0 Å². The van der Waals surface area contributed by atoms with Gasteiger partial charge in [-0.05, 0) is 268 Å². The van der Waals surface area contributed by atoms with Crippen molar-refractivity contribution in [3.8, 4) is 111 Å². The highest BCUT2D eigenvalue weighted by molar-refractivity contribution is 6.10. The van der Waals surface area contributed by atoms with E-state index in [0.717, 1.165) is 22.7 Å². The second kappa shape index (κ2) is 27.9. The van der Waals surface area contributed by atoms with Gasteiger partial charge in [-0.15, -0.1) is 0 Å². The van der Waals surface area contributed by atoms with Crippen molar-refractivity contribution in [1.29, 1.82) is 0 Å². The van der Waals surface area contributed by atoms with Gasteiger partial charge in [0, 0.05) is 55.8 Å². The van der Waals surface area contributed by atoms with Gasteiger partial charge in [-0.1, -0.05) is 365 Å². The molecule has 4 aliphatic carbocycles. The molecule has 0 spiro atoms. The Morgan fingerprint density at radius 2 is 0.432 bits per heavy atom. The van der Waals surface area contributed by atoms with Crippen LogP contribution in [0.15, 0.2) is 400 Å². The number of nitrogens with zero attached hydrogens (tertiary/aromatic N) is 2. The third-order valence-electron chi connectivity index (χ3n) is 26.5. The third kappa shape index (κ3) is 11.7. The molecule has 2 heteroatoms. The summed E-state index contributed by atoms with van der Waals surface area (Å²) in [6.45, 7) is 19.0. The maximum Gasteiger partial charge on any atom is 0.0467 e. The van der Waals surface area contributed by atoms with Crippen molar-refractivity contribution in [1.82, 2.24) is 0 Å². The molecule has 0 atom stereocenters. The monoisotopic (exact) mass is 1510 g/mol. The third-order valence-corrected chi connectivity index (χ3v) is 26.5. The standard InChI is InChI=1S/C61H49N.C55H41N/c1-59(2)51-23-12-9-20-46(51)48-32-30-43(36-54(48)59)62(44-31-33-49-47-21-10-13-24-52(47)60(3,4)55(49)37-44)42-28-26-38(27-29-42)39-17-15-18-41(34-39)57-45-19-8-7-16-40(45)35-56-58(57)50-22-11-14-25-53(50)61(56,5)6;1-55(2)51-23-12-11-22-50(51)54-52(55)37-45-18-9-10-21-49(45)53(54)43-26-24-42(25-27-43)44-19-13-20-48(36-44)56(46-32-28-40(29-33-46)38-14-5-3-6-15-38)47-34-30-41(31-35-47)39-16-7-4-8-17-39/h7-37H,1-6H3;3-37H,1-2H3. The van der Waals surface area contributed by atoms with Crippen LogP contribution in [-0.2, 0) is 21.7 Å². The van der Waals surface area contributed by atoms with Gasteiger partial charge in [0.05, 0.1) is 0 Å². The Labute approximate surface area is 694 Å². The zero-order valence-corrected chi connectivity index (χ0v) is 68.0. The predicted molar refractivity (Wildman–Crippen MR) is 500 cm³/mol. The number of hydrogen-bond acceptors (Lipinski definition) is 2. The van der Waals surface area contributed by atoms with Gasteiger partial charge in [0.2, 0.25) is 0 Å². The summed E-state index contributed by atoms with van der Waals surface area (Å²) >= 11 is 0. The number of hydrogen-bond donors (Lipinski definition) is 0. The van der Waals surface area contributed by atoms with E-state index in [1.165, 1.54) is 189 Å². The van der Waals surface area contributed by atoms with Crippen LogP contribution in [0.2, 0.25) is 0 Å². The first kappa shape index (κ1) is 71.8. The summed E-state index contributed by atoms with van der Waals surface area (Å²) < 4.78 is 0. The summed E-state index contributed by atoms with van der Waals surface area (Å²) in [5.41, 5.74) is 43.1. The molecule has 18 aromatic carbocycles. The summed E-state index contributed by atoms with van der Waals surface area (Å²) in [5.74, 6) is 0. The predicted octanol–water partition coefficient (Wildman–Crippen LogP) is 31.8. The van der Waals surface area contributed by atoms with Crippen molar-refractivity contribution < 1.29 is 0 Å². The molecule has 0 aliphatic heterocycles. The molecule has 0 amide bonds. The van der Waals surface area contributed by atoms with E-state index in [0.29, 0.717) is 0 Å². The Bertz CT molecular complexity index is 6810. The van der Waals surface area contributed by atoms with Crippen LogP contribution in [0.5, 0.6) is 0 Å². The SMILES string of the molecule is CC1(C)c2ccccc2-c2c1cc1ccccc1c2-c1ccc(-c2cccc(N(c3ccc(-c4ccccc4)cc3)c3ccc(-c4ccccc4)cc3)c2)cc1.CC1(C)c2ccccc2-c2ccc(N(c3ccc(-c4cccc(-c5c6c(cc7ccccc57)C(C)(C)c5ccccc5-6)c4)cc3)c3ccc4c(c3)C(C)(C)c3ccccc3-4)cc21. The molecule has 4 aliphatic rings. The molecule has 22 rings (SSSR count). The lowest BCUT2D eigenvalue weighted by Crippen LogP contribution is -2.18. The Morgan fingerprint density at radius 3 is 0.881 bits per heavy atom. The Hall–Kier alpha value is -13.9. The first-order valence-electron chi connectivity index (χ1n) is 41.7. The largest absolute Gasteiger partial charge is 0.310 e. The van der Waals surface area contributed by atoms with Gasteiger partial charge in [-0.2, -0.15) is 0 Å². The van der Waals surface area contributed by atoms with E-state index in [-0.39, 0.29) is 21.7 Å². The fourth-order valence-electron chi connectivity index (χ4n) is 20.4. The van der Waals surface area contributed by atoms with E-state index in [4.69, 9.17) is 0 Å². The van der Waals surface area contributed by atoms with Gasteiger partial charge in [0.15, 0.2) is 0 Å². The maximum absolute atomic E-state index is 2.47. The lowest BCUT2D eigenvalue weighted by Gasteiger charge is -2.30. The molecule has 0 saturated heterocycles. The van der Waals surface area contributed by atoms with Crippen molar-refractivity contribution >= 4 is 55.7 Å². The van der Waals surface area contributed by atoms with Crippen molar-refractivity contribution in [2.24, 2.45) is 0 Å². The van der Waals surface area contributed by atoms with E-state index in [9.17, 15) is 0 Å². The van der Waals surface area contributed by atoms with Crippen LogP contribution in [0.1, 0.15) is 99.9 Å². The minimum absolute atomic E-state index is 0.0688. The first-order valence-corrected chi connectivity index (χ1v) is 41.7. The second-order valence-electron chi connectivity index (χ2n) is 34.7. The average molecular weight is 1510 g/mol. The fourth-order valence-corrected chi connectivity index (χ4v) is 20.4. The van der Waals surface area contributed by atoms with Crippen LogP contribution in [0.3, 0.4) is 0 Å². The number of rotatable bonds is 12. The molecular weight excluding hydrogens is 1420 g/mol. The maximum atomic E-state index is 2.47. The van der Waals surface area contributed by atoms with Gasteiger partial charge >= 0.3 is 0 Å². The zero-order valence-electron chi connectivity index (χ0n) is 68.0. The van der Waals surface area contributed by atoms with Crippen LogP contribution in [0.25, 0.3) is 133 Å². The lowest BCUT2D eigenvalue weighted by atomic mass is 9.80. The number of anilines is 6. The Balaban J connectivity index is 0.000000148. The van der Waals surface area contributed by atoms with Crippen molar-refractivity contribution in [3.05, 3.63) is 445 Å². The highest BCUT2D eigenvalue weighted by atomic mass is 15.1. The molecule has 0 heterocycles. The van der Waals surface area contributed by atoms with Crippen LogP contribution in [0.4, 0.5) is 34.1 Å². The van der Waals surface area contributed by atoms with Gasteiger partial charge < -0.3 is 9.80 Å². The Kier molecular flexibility index (Phi) is 17.0. The molecule has 118 heavy (non-hydrogen) atoms. The highest BCUT2D eigenvalue weighted by Crippen LogP contribution is 2.59. The summed E-state index contributed by atoms with van der Waals surface area (Å²) in [6, 6.07) is 148. The molecule has 0 aromatic heterocycles. The summed E-state index contributed by atoms with van der Waals surface area (Å²) in [5, 5.41) is 5.16. The minimum atomic E-state index is -0.105. The van der Waals surface area contributed by atoms with Crippen LogP contribution < -0.4 is 9.80 Å². The highest BCUT2D eigenvalue weighted by Gasteiger charge is 2.42. The molecule has 0 fully saturated rings. The fraction of sp³-hybridized carbons (Fsp3) is 0.103. The molecule has 18 aromatic rings. The van der Waals surface area contributed by atoms with Crippen LogP contribution in [-0.4, -0.2) is 0 Å². The van der Waals surface area contributed by atoms with Crippen molar-refractivity contribution in [2.45, 2.75) is 77.0 Å². The molecule has 0 saturated carbocycles. The van der Waals surface area contributed by atoms with Crippen LogP contribution in [0, 0.1) is 0 Å². The van der Waals surface area contributed by atoms with E-state index in [2.05, 4.69) is 466 Å². The van der Waals surface area contributed by atoms with Crippen molar-refractivity contribution in [2.75, 3.05) is 9.80 Å². The molecule has 0 radical (unpaired) electrons.